The molecule has 0 saturated heterocycles. The van der Waals surface area contributed by atoms with E-state index in [1.807, 2.05) is 11.8 Å². The smallest absolute Gasteiger partial charge is 0.0943 e. The van der Waals surface area contributed by atoms with Gasteiger partial charge in [0.15, 0.2) is 0 Å². The van der Waals surface area contributed by atoms with Crippen molar-refractivity contribution in [2.75, 3.05) is 12.3 Å². The van der Waals surface area contributed by atoms with E-state index in [2.05, 4.69) is 37.4 Å². The van der Waals surface area contributed by atoms with Gasteiger partial charge in [-0.15, -0.1) is 11.8 Å². The molecule has 1 heterocycles. The van der Waals surface area contributed by atoms with Gasteiger partial charge in [0.25, 0.3) is 0 Å². The molecule has 2 rings (SSSR count). The van der Waals surface area contributed by atoms with Gasteiger partial charge in [-0.1, -0.05) is 26.0 Å². The van der Waals surface area contributed by atoms with Gasteiger partial charge >= 0.3 is 0 Å². The molecule has 0 saturated carbocycles. The molecule has 0 aliphatic carbocycles. The highest BCUT2D eigenvalue weighted by Crippen LogP contribution is 2.33. The van der Waals surface area contributed by atoms with Crippen LogP contribution in [0.5, 0.6) is 0 Å². The number of hydrogen-bond acceptors (Lipinski definition) is 3. The third-order valence-electron chi connectivity index (χ3n) is 3.35. The molecule has 1 aliphatic heterocycles. The van der Waals surface area contributed by atoms with Gasteiger partial charge in [-0.2, -0.15) is 0 Å². The zero-order valence-electron chi connectivity index (χ0n) is 10.6. The van der Waals surface area contributed by atoms with Crippen molar-refractivity contribution in [3.05, 3.63) is 29.3 Å². The van der Waals surface area contributed by atoms with E-state index in [4.69, 9.17) is 0 Å². The lowest BCUT2D eigenvalue weighted by molar-refractivity contribution is 0.127. The van der Waals surface area contributed by atoms with Crippen LogP contribution in [0.4, 0.5) is 0 Å². The summed E-state index contributed by atoms with van der Waals surface area (Å²) in [5.41, 5.74) is 2.48. The van der Waals surface area contributed by atoms with Gasteiger partial charge in [-0.3, -0.25) is 0 Å². The molecule has 0 bridgehead atoms. The van der Waals surface area contributed by atoms with Crippen molar-refractivity contribution in [1.29, 1.82) is 0 Å². The molecule has 0 fully saturated rings. The quantitative estimate of drug-likeness (QED) is 0.844. The molecule has 0 aromatic heterocycles. The van der Waals surface area contributed by atoms with Crippen LogP contribution in [0.1, 0.15) is 37.5 Å². The zero-order valence-corrected chi connectivity index (χ0v) is 11.4. The number of aliphatic hydroxyl groups is 1. The Balaban J connectivity index is 2.15. The van der Waals surface area contributed by atoms with Crippen LogP contribution in [0.15, 0.2) is 23.1 Å². The van der Waals surface area contributed by atoms with Gasteiger partial charge in [-0.25, -0.2) is 0 Å². The molecule has 1 aromatic rings. The average molecular weight is 251 g/mol. The number of benzene rings is 1. The van der Waals surface area contributed by atoms with Crippen LogP contribution in [0.2, 0.25) is 0 Å². The van der Waals surface area contributed by atoms with E-state index >= 15 is 0 Å². The Kier molecular flexibility index (Phi) is 4.48. The fraction of sp³-hybridized carbons (Fsp3) is 0.571. The van der Waals surface area contributed by atoms with Crippen LogP contribution in [0.25, 0.3) is 0 Å². The number of aryl methyl sites for hydroxylation is 1. The predicted octanol–water partition coefficient (Wildman–Crippen LogP) is 2.76. The molecular formula is C14H21NOS. The van der Waals surface area contributed by atoms with Crippen molar-refractivity contribution in [2.24, 2.45) is 0 Å². The molecule has 2 unspecified atom stereocenters. The van der Waals surface area contributed by atoms with Gasteiger partial charge in [0.2, 0.25) is 0 Å². The first-order chi connectivity index (χ1) is 8.26. The summed E-state index contributed by atoms with van der Waals surface area (Å²) in [4.78, 5) is 1.35. The summed E-state index contributed by atoms with van der Waals surface area (Å²) in [6, 6.07) is 6.57. The summed E-state index contributed by atoms with van der Waals surface area (Å²) >= 11 is 1.90. The monoisotopic (exact) mass is 251 g/mol. The number of hydrogen-bond donors (Lipinski definition) is 2. The minimum atomic E-state index is -0.397. The van der Waals surface area contributed by atoms with Crippen molar-refractivity contribution < 1.29 is 5.11 Å². The Labute approximate surface area is 108 Å². The maximum Gasteiger partial charge on any atom is 0.0943 e. The molecule has 3 heteroatoms. The van der Waals surface area contributed by atoms with E-state index in [1.165, 1.54) is 22.6 Å². The summed E-state index contributed by atoms with van der Waals surface area (Å²) < 4.78 is 0. The van der Waals surface area contributed by atoms with Crippen LogP contribution in [0, 0.1) is 0 Å². The number of aliphatic hydroxyl groups excluding tert-OH is 1. The Morgan fingerprint density at radius 1 is 1.41 bits per heavy atom. The third-order valence-corrected chi connectivity index (χ3v) is 4.45. The van der Waals surface area contributed by atoms with Gasteiger partial charge in [0.05, 0.1) is 6.10 Å². The number of fused-ring (bicyclic) bond motifs is 1. The first-order valence-corrected chi connectivity index (χ1v) is 7.41. The summed E-state index contributed by atoms with van der Waals surface area (Å²) in [5, 5.41) is 13.7. The summed E-state index contributed by atoms with van der Waals surface area (Å²) in [5.74, 6) is 1.18. The van der Waals surface area contributed by atoms with Gasteiger partial charge in [-0.05, 0) is 36.6 Å². The molecule has 1 aliphatic rings. The van der Waals surface area contributed by atoms with Crippen LogP contribution in [-0.4, -0.2) is 23.4 Å². The fourth-order valence-electron chi connectivity index (χ4n) is 2.34. The highest BCUT2D eigenvalue weighted by molar-refractivity contribution is 7.99. The van der Waals surface area contributed by atoms with Crippen molar-refractivity contribution in [2.45, 2.75) is 43.7 Å². The lowest BCUT2D eigenvalue weighted by atomic mass is 9.98. The minimum absolute atomic E-state index is 0.157. The van der Waals surface area contributed by atoms with Crippen LogP contribution >= 0.6 is 11.8 Å². The predicted molar refractivity (Wildman–Crippen MR) is 73.6 cm³/mol. The van der Waals surface area contributed by atoms with E-state index in [9.17, 15) is 5.11 Å². The number of likely N-dealkylation sites (N-methyl/N-ethyl adjacent to an activating group) is 1. The Hall–Kier alpha value is -0.510. The molecule has 1 aromatic carbocycles. The Bertz CT molecular complexity index is 380. The van der Waals surface area contributed by atoms with E-state index in [0.717, 1.165) is 18.5 Å². The minimum Gasteiger partial charge on any atom is -0.387 e. The first kappa shape index (κ1) is 12.9. The largest absolute Gasteiger partial charge is 0.387 e. The van der Waals surface area contributed by atoms with Crippen LogP contribution in [0.3, 0.4) is 0 Å². The topological polar surface area (TPSA) is 32.3 Å². The van der Waals surface area contributed by atoms with Crippen molar-refractivity contribution in [3.63, 3.8) is 0 Å². The molecule has 0 radical (unpaired) electrons. The SMILES string of the molecule is CCNC(CC)C(O)c1ccc2c(c1)SCC2. The van der Waals surface area contributed by atoms with Crippen molar-refractivity contribution in [1.82, 2.24) is 5.32 Å². The highest BCUT2D eigenvalue weighted by atomic mass is 32.2. The van der Waals surface area contributed by atoms with Crippen molar-refractivity contribution >= 4 is 11.8 Å². The normalized spacial score (nSPS) is 17.8. The molecule has 94 valence electrons. The molecule has 17 heavy (non-hydrogen) atoms. The second-order valence-electron chi connectivity index (χ2n) is 4.48. The summed E-state index contributed by atoms with van der Waals surface area (Å²) in [6.07, 6.45) is 1.71. The third kappa shape index (κ3) is 2.84. The van der Waals surface area contributed by atoms with E-state index in [0.29, 0.717) is 0 Å². The maximum absolute atomic E-state index is 10.4. The van der Waals surface area contributed by atoms with Gasteiger partial charge in [0.1, 0.15) is 0 Å². The maximum atomic E-state index is 10.4. The van der Waals surface area contributed by atoms with Crippen molar-refractivity contribution in [3.8, 4) is 0 Å². The van der Waals surface area contributed by atoms with E-state index in [-0.39, 0.29) is 6.04 Å². The molecular weight excluding hydrogens is 230 g/mol. The first-order valence-electron chi connectivity index (χ1n) is 6.43. The summed E-state index contributed by atoms with van der Waals surface area (Å²) in [6.45, 7) is 5.09. The Morgan fingerprint density at radius 2 is 2.24 bits per heavy atom. The zero-order chi connectivity index (χ0) is 12.3. The number of rotatable bonds is 5. The van der Waals surface area contributed by atoms with Gasteiger partial charge in [0, 0.05) is 16.7 Å². The second kappa shape index (κ2) is 5.89. The van der Waals surface area contributed by atoms with Crippen LogP contribution < -0.4 is 5.32 Å². The van der Waals surface area contributed by atoms with E-state index in [1.54, 1.807) is 0 Å². The van der Waals surface area contributed by atoms with Crippen LogP contribution in [-0.2, 0) is 6.42 Å². The lowest BCUT2D eigenvalue weighted by Gasteiger charge is -2.23. The summed E-state index contributed by atoms with van der Waals surface area (Å²) in [7, 11) is 0. The lowest BCUT2D eigenvalue weighted by Crippen LogP contribution is -2.34. The average Bonchev–Trinajstić information content (AvgIpc) is 2.82. The Morgan fingerprint density at radius 3 is 2.94 bits per heavy atom. The number of nitrogens with one attached hydrogen (secondary N) is 1. The molecule has 2 N–H and O–H groups in total. The molecule has 0 amide bonds. The highest BCUT2D eigenvalue weighted by Gasteiger charge is 2.20. The second-order valence-corrected chi connectivity index (χ2v) is 5.62. The van der Waals surface area contributed by atoms with Gasteiger partial charge < -0.3 is 10.4 Å². The molecule has 0 spiro atoms. The molecule has 2 atom stereocenters. The van der Waals surface area contributed by atoms with E-state index < -0.39 is 6.10 Å². The molecule has 2 nitrogen and oxygen atoms in total. The standard InChI is InChI=1S/C14H21NOS/c1-3-12(15-4-2)14(16)11-6-5-10-7-8-17-13(10)9-11/h5-6,9,12,14-16H,3-4,7-8H2,1-2H3. The fourth-order valence-corrected chi connectivity index (χ4v) is 3.46. The number of thioether (sulfide) groups is 1.